The van der Waals surface area contributed by atoms with Crippen molar-refractivity contribution in [1.29, 1.82) is 0 Å². The number of hydrogen-bond acceptors (Lipinski definition) is 4. The van der Waals surface area contributed by atoms with Gasteiger partial charge in [0.15, 0.2) is 0 Å². The number of hydrogen-bond donors (Lipinski definition) is 4. The third-order valence-electron chi connectivity index (χ3n) is 5.81. The quantitative estimate of drug-likeness (QED) is 0.409. The molecule has 0 bridgehead atoms. The summed E-state index contributed by atoms with van der Waals surface area (Å²) in [5.74, 6) is -0.692. The lowest BCUT2D eigenvalue weighted by atomic mass is 9.85. The van der Waals surface area contributed by atoms with E-state index in [1.54, 1.807) is 6.08 Å². The van der Waals surface area contributed by atoms with E-state index < -0.39 is 24.3 Å². The zero-order valence-electron chi connectivity index (χ0n) is 16.5. The number of aliphatic hydroxyl groups is 3. The predicted octanol–water partition coefficient (Wildman–Crippen LogP) is 3.62. The van der Waals surface area contributed by atoms with Crippen molar-refractivity contribution in [3.63, 3.8) is 0 Å². The van der Waals surface area contributed by atoms with Crippen LogP contribution < -0.4 is 0 Å². The Bertz CT molecular complexity index is 600. The first kappa shape index (κ1) is 22.6. The average Bonchev–Trinajstić information content (AvgIpc) is 2.94. The Morgan fingerprint density at radius 2 is 1.64 bits per heavy atom. The van der Waals surface area contributed by atoms with Crippen molar-refractivity contribution in [3.8, 4) is 0 Å². The van der Waals surface area contributed by atoms with Crippen molar-refractivity contribution in [1.82, 2.24) is 0 Å². The molecular formula is C23H34O5. The molecule has 4 N–H and O–H groups in total. The first-order valence-corrected chi connectivity index (χ1v) is 10.5. The summed E-state index contributed by atoms with van der Waals surface area (Å²) in [4.78, 5) is 10.5. The van der Waals surface area contributed by atoms with Crippen LogP contribution >= 0.6 is 0 Å². The van der Waals surface area contributed by atoms with E-state index in [2.05, 4.69) is 0 Å². The molecule has 1 aromatic rings. The van der Waals surface area contributed by atoms with Crippen LogP contribution in [-0.2, 0) is 4.79 Å². The molecule has 1 fully saturated rings. The number of rotatable bonds is 12. The highest BCUT2D eigenvalue weighted by molar-refractivity contribution is 5.66. The minimum atomic E-state index is -0.755. The van der Waals surface area contributed by atoms with Crippen LogP contribution in [0.25, 0.3) is 6.08 Å². The zero-order chi connectivity index (χ0) is 20.4. The number of carboxylic acids is 1. The molecule has 0 aromatic heterocycles. The molecule has 5 heteroatoms. The molecule has 28 heavy (non-hydrogen) atoms. The lowest BCUT2D eigenvalue weighted by Gasteiger charge is -2.24. The standard InChI is InChI=1S/C23H34O5/c24-18(13-12-17-8-4-3-5-9-17)14-15-20-19(21(25)16-22(20)26)10-6-1-2-7-11-23(27)28/h3-5,8-9,12-13,18-22,24-26H,1-2,6-7,10-11,14-16H2,(H,27,28)/t18?,19-,20-,21+,22-/m1/s1. The molecule has 1 aliphatic rings. The van der Waals surface area contributed by atoms with Gasteiger partial charge in [-0.05, 0) is 49.5 Å². The molecule has 0 radical (unpaired) electrons. The minimum Gasteiger partial charge on any atom is -0.481 e. The van der Waals surface area contributed by atoms with Crippen LogP contribution in [-0.4, -0.2) is 44.7 Å². The van der Waals surface area contributed by atoms with Gasteiger partial charge in [-0.1, -0.05) is 61.7 Å². The van der Waals surface area contributed by atoms with Gasteiger partial charge in [0.05, 0.1) is 18.3 Å². The molecule has 1 aromatic carbocycles. The third kappa shape index (κ3) is 7.74. The van der Waals surface area contributed by atoms with E-state index in [-0.39, 0.29) is 18.3 Å². The monoisotopic (exact) mass is 390 g/mol. The molecule has 0 heterocycles. The van der Waals surface area contributed by atoms with E-state index in [1.165, 1.54) is 0 Å². The van der Waals surface area contributed by atoms with E-state index in [9.17, 15) is 20.1 Å². The maximum absolute atomic E-state index is 10.5. The molecule has 2 rings (SSSR count). The molecular weight excluding hydrogens is 356 g/mol. The lowest BCUT2D eigenvalue weighted by molar-refractivity contribution is -0.137. The van der Waals surface area contributed by atoms with E-state index >= 15 is 0 Å². The van der Waals surface area contributed by atoms with Crippen molar-refractivity contribution in [2.75, 3.05) is 0 Å². The molecule has 5 nitrogen and oxygen atoms in total. The topological polar surface area (TPSA) is 98.0 Å². The zero-order valence-corrected chi connectivity index (χ0v) is 16.5. The van der Waals surface area contributed by atoms with Crippen molar-refractivity contribution < 1.29 is 25.2 Å². The van der Waals surface area contributed by atoms with Crippen LogP contribution in [0.2, 0.25) is 0 Å². The first-order valence-electron chi connectivity index (χ1n) is 10.5. The number of carboxylic acid groups (broad SMARTS) is 1. The Morgan fingerprint density at radius 1 is 1.00 bits per heavy atom. The van der Waals surface area contributed by atoms with Crippen LogP contribution in [0.1, 0.15) is 63.4 Å². The fourth-order valence-corrected chi connectivity index (χ4v) is 4.24. The predicted molar refractivity (Wildman–Crippen MR) is 110 cm³/mol. The average molecular weight is 391 g/mol. The van der Waals surface area contributed by atoms with Crippen molar-refractivity contribution in [2.45, 2.75) is 76.1 Å². The van der Waals surface area contributed by atoms with Gasteiger partial charge in [-0.15, -0.1) is 0 Å². The minimum absolute atomic E-state index is 0.00814. The Labute approximate surface area is 167 Å². The number of carbonyl (C=O) groups is 1. The molecule has 0 aliphatic heterocycles. The van der Waals surface area contributed by atoms with Crippen LogP contribution in [0.5, 0.6) is 0 Å². The number of unbranched alkanes of at least 4 members (excludes halogenated alkanes) is 3. The number of benzene rings is 1. The van der Waals surface area contributed by atoms with Gasteiger partial charge in [-0.25, -0.2) is 0 Å². The molecule has 1 aliphatic carbocycles. The van der Waals surface area contributed by atoms with Crippen LogP contribution in [0.4, 0.5) is 0 Å². The molecule has 5 atom stereocenters. The Kier molecular flexibility index (Phi) is 9.68. The SMILES string of the molecule is O=C(O)CCCCCC[C@@H]1[C@@H](CCC(O)C=Cc2ccccc2)[C@H](O)C[C@@H]1O. The van der Waals surface area contributed by atoms with Gasteiger partial charge in [0.25, 0.3) is 0 Å². The lowest BCUT2D eigenvalue weighted by Crippen LogP contribution is -2.23. The highest BCUT2D eigenvalue weighted by atomic mass is 16.4. The number of aliphatic carboxylic acids is 1. The van der Waals surface area contributed by atoms with Gasteiger partial charge >= 0.3 is 5.97 Å². The normalized spacial score (nSPS) is 26.0. The third-order valence-corrected chi connectivity index (χ3v) is 5.81. The summed E-state index contributed by atoms with van der Waals surface area (Å²) in [5.41, 5.74) is 1.04. The van der Waals surface area contributed by atoms with Gasteiger partial charge in [0.2, 0.25) is 0 Å². The van der Waals surface area contributed by atoms with Gasteiger partial charge in [0, 0.05) is 6.42 Å². The second kappa shape index (κ2) is 12.0. The largest absolute Gasteiger partial charge is 0.481 e. The van der Waals surface area contributed by atoms with Gasteiger partial charge < -0.3 is 20.4 Å². The van der Waals surface area contributed by atoms with Crippen LogP contribution in [0, 0.1) is 11.8 Å². The highest BCUT2D eigenvalue weighted by Gasteiger charge is 2.40. The summed E-state index contributed by atoms with van der Waals surface area (Å²) in [5, 5.41) is 39.5. The second-order valence-corrected chi connectivity index (χ2v) is 7.96. The molecule has 0 spiro atoms. The molecule has 0 amide bonds. The van der Waals surface area contributed by atoms with E-state index in [4.69, 9.17) is 5.11 Å². The summed E-state index contributed by atoms with van der Waals surface area (Å²) in [6, 6.07) is 9.82. The van der Waals surface area contributed by atoms with Crippen LogP contribution in [0.15, 0.2) is 36.4 Å². The molecule has 156 valence electrons. The molecule has 1 saturated carbocycles. The molecule has 0 saturated heterocycles. The number of aliphatic hydroxyl groups excluding tert-OH is 3. The van der Waals surface area contributed by atoms with E-state index in [0.717, 1.165) is 31.2 Å². The van der Waals surface area contributed by atoms with E-state index in [0.29, 0.717) is 25.7 Å². The Balaban J connectivity index is 1.74. The van der Waals surface area contributed by atoms with Crippen molar-refractivity contribution in [3.05, 3.63) is 42.0 Å². The van der Waals surface area contributed by atoms with Gasteiger partial charge in [-0.2, -0.15) is 0 Å². The van der Waals surface area contributed by atoms with Gasteiger partial charge in [0.1, 0.15) is 0 Å². The van der Waals surface area contributed by atoms with Crippen molar-refractivity contribution in [2.24, 2.45) is 11.8 Å². The smallest absolute Gasteiger partial charge is 0.303 e. The van der Waals surface area contributed by atoms with Crippen LogP contribution in [0.3, 0.4) is 0 Å². The first-order chi connectivity index (χ1) is 13.5. The second-order valence-electron chi connectivity index (χ2n) is 7.96. The maximum atomic E-state index is 10.5. The van der Waals surface area contributed by atoms with Crippen molar-refractivity contribution >= 4 is 12.0 Å². The fourth-order valence-electron chi connectivity index (χ4n) is 4.24. The summed E-state index contributed by atoms with van der Waals surface area (Å²) in [6.45, 7) is 0. The summed E-state index contributed by atoms with van der Waals surface area (Å²) >= 11 is 0. The Morgan fingerprint density at radius 3 is 2.32 bits per heavy atom. The molecule has 1 unspecified atom stereocenters. The fraction of sp³-hybridized carbons (Fsp3) is 0.609. The summed E-state index contributed by atoms with van der Waals surface area (Å²) in [7, 11) is 0. The maximum Gasteiger partial charge on any atom is 0.303 e. The summed E-state index contributed by atoms with van der Waals surface area (Å²) in [6.07, 6.45) is 8.26. The van der Waals surface area contributed by atoms with E-state index in [1.807, 2.05) is 36.4 Å². The van der Waals surface area contributed by atoms with Gasteiger partial charge in [-0.3, -0.25) is 4.79 Å². The highest BCUT2D eigenvalue weighted by Crippen LogP contribution is 2.39. The Hall–Kier alpha value is -1.69. The summed E-state index contributed by atoms with van der Waals surface area (Å²) < 4.78 is 0.